The van der Waals surface area contributed by atoms with Gasteiger partial charge in [0.1, 0.15) is 0 Å². The van der Waals surface area contributed by atoms with Crippen molar-refractivity contribution >= 4 is 34.1 Å². The zero-order chi connectivity index (χ0) is 22.6. The van der Waals surface area contributed by atoms with Crippen molar-refractivity contribution in [3.63, 3.8) is 0 Å². The number of rotatable bonds is 6. The summed E-state index contributed by atoms with van der Waals surface area (Å²) in [5.74, 6) is 0.885. The number of carbonyl (C=O) groups excluding carboxylic acids is 1. The van der Waals surface area contributed by atoms with E-state index in [-0.39, 0.29) is 11.7 Å². The highest BCUT2D eigenvalue weighted by Crippen LogP contribution is 2.29. The van der Waals surface area contributed by atoms with Crippen molar-refractivity contribution in [2.24, 2.45) is 0 Å². The van der Waals surface area contributed by atoms with Crippen LogP contribution in [0.2, 0.25) is 0 Å². The van der Waals surface area contributed by atoms with Gasteiger partial charge in [0.2, 0.25) is 5.91 Å². The van der Waals surface area contributed by atoms with E-state index in [9.17, 15) is 4.79 Å². The molecule has 5 rings (SSSR count). The van der Waals surface area contributed by atoms with E-state index in [1.165, 1.54) is 17.3 Å². The van der Waals surface area contributed by atoms with Crippen LogP contribution in [0.3, 0.4) is 0 Å². The molecule has 0 atom stereocenters. The fraction of sp³-hybridized carbons (Fsp3) is 0.0741. The van der Waals surface area contributed by atoms with Gasteiger partial charge in [0.15, 0.2) is 11.0 Å². The lowest BCUT2D eigenvalue weighted by atomic mass is 10.1. The quantitative estimate of drug-likeness (QED) is 0.316. The molecule has 5 nitrogen and oxygen atoms in total. The lowest BCUT2D eigenvalue weighted by Gasteiger charge is -2.11. The van der Waals surface area contributed by atoms with Crippen LogP contribution in [0.5, 0.6) is 0 Å². The lowest BCUT2D eigenvalue weighted by molar-refractivity contribution is -0.113. The molecule has 0 aliphatic carbocycles. The fourth-order valence-electron chi connectivity index (χ4n) is 3.71. The SMILES string of the molecule is Cc1ccc(-c2nnc(SCC(=O)Nc3cccc4ccccc34)n2-c2ccccc2)cc1. The van der Waals surface area contributed by atoms with Crippen LogP contribution >= 0.6 is 11.8 Å². The number of aryl methyl sites for hydroxylation is 1. The van der Waals surface area contributed by atoms with E-state index in [4.69, 9.17) is 0 Å². The number of para-hydroxylation sites is 1. The van der Waals surface area contributed by atoms with E-state index in [1.54, 1.807) is 0 Å². The van der Waals surface area contributed by atoms with Crippen LogP contribution in [-0.4, -0.2) is 26.4 Å². The summed E-state index contributed by atoms with van der Waals surface area (Å²) in [4.78, 5) is 12.8. The summed E-state index contributed by atoms with van der Waals surface area (Å²) in [5, 5.41) is 14.7. The molecular weight excluding hydrogens is 428 g/mol. The molecule has 0 aliphatic rings. The zero-order valence-corrected chi connectivity index (χ0v) is 18.9. The monoisotopic (exact) mass is 450 g/mol. The van der Waals surface area contributed by atoms with Gasteiger partial charge in [-0.15, -0.1) is 10.2 Å². The van der Waals surface area contributed by atoms with E-state index < -0.39 is 0 Å². The third-order valence-corrected chi connectivity index (χ3v) is 6.28. The molecule has 0 saturated heterocycles. The summed E-state index contributed by atoms with van der Waals surface area (Å²) < 4.78 is 2.00. The summed E-state index contributed by atoms with van der Waals surface area (Å²) in [6.45, 7) is 2.06. The molecule has 0 aliphatic heterocycles. The Hall–Kier alpha value is -3.90. The van der Waals surface area contributed by atoms with Crippen LogP contribution in [0.4, 0.5) is 5.69 Å². The number of anilines is 1. The van der Waals surface area contributed by atoms with Crippen molar-refractivity contribution < 1.29 is 4.79 Å². The third kappa shape index (κ3) is 4.52. The van der Waals surface area contributed by atoms with Gasteiger partial charge < -0.3 is 5.32 Å². The van der Waals surface area contributed by atoms with Crippen LogP contribution < -0.4 is 5.32 Å². The molecule has 162 valence electrons. The maximum atomic E-state index is 12.8. The van der Waals surface area contributed by atoms with Gasteiger partial charge in [-0.25, -0.2) is 0 Å². The Morgan fingerprint density at radius 3 is 2.39 bits per heavy atom. The van der Waals surface area contributed by atoms with Gasteiger partial charge in [0, 0.05) is 22.3 Å². The average Bonchev–Trinajstić information content (AvgIpc) is 3.28. The van der Waals surface area contributed by atoms with Gasteiger partial charge in [0.25, 0.3) is 0 Å². The lowest BCUT2D eigenvalue weighted by Crippen LogP contribution is -2.14. The van der Waals surface area contributed by atoms with Crippen molar-refractivity contribution in [2.45, 2.75) is 12.1 Å². The van der Waals surface area contributed by atoms with Crippen molar-refractivity contribution in [1.29, 1.82) is 0 Å². The van der Waals surface area contributed by atoms with Gasteiger partial charge in [-0.2, -0.15) is 0 Å². The molecule has 33 heavy (non-hydrogen) atoms. The average molecular weight is 451 g/mol. The Labute approximate surface area is 196 Å². The molecule has 5 aromatic rings. The second-order valence-corrected chi connectivity index (χ2v) is 8.65. The highest BCUT2D eigenvalue weighted by atomic mass is 32.2. The number of carbonyl (C=O) groups is 1. The molecule has 0 bridgehead atoms. The van der Waals surface area contributed by atoms with Gasteiger partial charge in [-0.05, 0) is 30.5 Å². The van der Waals surface area contributed by atoms with Gasteiger partial charge in [0.05, 0.1) is 5.75 Å². The first-order valence-corrected chi connectivity index (χ1v) is 11.7. The molecule has 0 fully saturated rings. The second kappa shape index (κ2) is 9.30. The summed E-state index contributed by atoms with van der Waals surface area (Å²) >= 11 is 1.37. The van der Waals surface area contributed by atoms with Gasteiger partial charge in [-0.3, -0.25) is 9.36 Å². The highest BCUT2D eigenvalue weighted by molar-refractivity contribution is 7.99. The maximum Gasteiger partial charge on any atom is 0.234 e. The number of hydrogen-bond donors (Lipinski definition) is 1. The number of benzene rings is 4. The molecule has 1 heterocycles. The summed E-state index contributed by atoms with van der Waals surface area (Å²) in [5.41, 5.74) is 3.92. The van der Waals surface area contributed by atoms with Crippen molar-refractivity contribution in [2.75, 3.05) is 11.1 Å². The Bertz CT molecular complexity index is 1410. The topological polar surface area (TPSA) is 59.8 Å². The van der Waals surface area contributed by atoms with Crippen molar-refractivity contribution in [3.05, 3.63) is 103 Å². The van der Waals surface area contributed by atoms with Crippen molar-refractivity contribution in [1.82, 2.24) is 14.8 Å². The highest BCUT2D eigenvalue weighted by Gasteiger charge is 2.17. The number of thioether (sulfide) groups is 1. The van der Waals surface area contributed by atoms with Crippen molar-refractivity contribution in [3.8, 4) is 17.1 Å². The number of nitrogens with zero attached hydrogens (tertiary/aromatic N) is 3. The predicted octanol–water partition coefficient (Wildman–Crippen LogP) is 6.13. The smallest absolute Gasteiger partial charge is 0.234 e. The molecule has 1 N–H and O–H groups in total. The normalized spacial score (nSPS) is 10.9. The first kappa shape index (κ1) is 21.0. The minimum absolute atomic E-state index is 0.0872. The van der Waals surface area contributed by atoms with Crippen LogP contribution in [-0.2, 0) is 4.79 Å². The number of amides is 1. The molecule has 1 amide bonds. The van der Waals surface area contributed by atoms with Gasteiger partial charge >= 0.3 is 0 Å². The molecule has 0 spiro atoms. The number of nitrogens with one attached hydrogen (secondary N) is 1. The number of aromatic nitrogens is 3. The minimum atomic E-state index is -0.0872. The molecule has 0 radical (unpaired) electrons. The molecule has 1 aromatic heterocycles. The number of hydrogen-bond acceptors (Lipinski definition) is 4. The molecule has 4 aromatic carbocycles. The fourth-order valence-corrected chi connectivity index (χ4v) is 4.47. The molecular formula is C27H22N4OS. The minimum Gasteiger partial charge on any atom is -0.325 e. The molecule has 0 unspecified atom stereocenters. The Kier molecular flexibility index (Phi) is 5.91. The summed E-state index contributed by atoms with van der Waals surface area (Å²) in [6, 6.07) is 32.1. The predicted molar refractivity (Wildman–Crippen MR) is 135 cm³/mol. The Morgan fingerprint density at radius 1 is 0.848 bits per heavy atom. The zero-order valence-electron chi connectivity index (χ0n) is 18.1. The van der Waals surface area contributed by atoms with E-state index >= 15 is 0 Å². The molecule has 0 saturated carbocycles. The van der Waals surface area contributed by atoms with Crippen LogP contribution in [0.25, 0.3) is 27.8 Å². The van der Waals surface area contributed by atoms with Crippen LogP contribution in [0.15, 0.2) is 102 Å². The van der Waals surface area contributed by atoms with Crippen LogP contribution in [0.1, 0.15) is 5.56 Å². The van der Waals surface area contributed by atoms with Crippen LogP contribution in [0, 0.1) is 6.92 Å². The second-order valence-electron chi connectivity index (χ2n) is 7.71. The molecule has 6 heteroatoms. The van der Waals surface area contributed by atoms with E-state index in [0.29, 0.717) is 5.16 Å². The first-order valence-electron chi connectivity index (χ1n) is 10.7. The standard InChI is InChI=1S/C27H22N4OS/c1-19-14-16-21(17-15-19)26-29-30-27(31(26)22-10-3-2-4-11-22)33-18-25(32)28-24-13-7-9-20-8-5-6-12-23(20)24/h2-17H,18H2,1H3,(H,28,32). The van der Waals surface area contributed by atoms with E-state index in [2.05, 4.69) is 34.6 Å². The first-order chi connectivity index (χ1) is 16.2. The van der Waals surface area contributed by atoms with E-state index in [0.717, 1.165) is 33.5 Å². The maximum absolute atomic E-state index is 12.8. The number of fused-ring (bicyclic) bond motifs is 1. The largest absolute Gasteiger partial charge is 0.325 e. The van der Waals surface area contributed by atoms with E-state index in [1.807, 2.05) is 89.5 Å². The Balaban J connectivity index is 1.40. The Morgan fingerprint density at radius 2 is 1.58 bits per heavy atom. The van der Waals surface area contributed by atoms with Gasteiger partial charge in [-0.1, -0.05) is 96.2 Å². The summed E-state index contributed by atoms with van der Waals surface area (Å²) in [6.07, 6.45) is 0. The summed E-state index contributed by atoms with van der Waals surface area (Å²) in [7, 11) is 0. The third-order valence-electron chi connectivity index (χ3n) is 5.35.